The molecule has 2 aromatic heterocycles. The van der Waals surface area contributed by atoms with Gasteiger partial charge in [0.2, 0.25) is 10.0 Å². The van der Waals surface area contributed by atoms with Crippen molar-refractivity contribution in [2.45, 2.75) is 35.2 Å². The van der Waals surface area contributed by atoms with E-state index in [0.29, 0.717) is 24.0 Å². The highest BCUT2D eigenvalue weighted by molar-refractivity contribution is 7.91. The van der Waals surface area contributed by atoms with Crippen LogP contribution in [0.2, 0.25) is 0 Å². The molecule has 1 saturated heterocycles. The molecule has 0 aliphatic carbocycles. The van der Waals surface area contributed by atoms with Gasteiger partial charge in [-0.1, -0.05) is 6.07 Å². The van der Waals surface area contributed by atoms with Crippen LogP contribution in [0.15, 0.2) is 57.2 Å². The molecule has 0 radical (unpaired) electrons. The largest absolute Gasteiger partial charge is 0.480 e. The minimum absolute atomic E-state index is 0.0812. The fraction of sp³-hybridized carbons (Fsp3) is 0.350. The van der Waals surface area contributed by atoms with Gasteiger partial charge in [-0.3, -0.25) is 13.9 Å². The van der Waals surface area contributed by atoms with Crippen molar-refractivity contribution < 1.29 is 26.7 Å². The highest BCUT2D eigenvalue weighted by Crippen LogP contribution is 2.29. The van der Waals surface area contributed by atoms with Crippen molar-refractivity contribution in [2.75, 3.05) is 19.3 Å². The standard InChI is InChI=1S/C20H22N4O7S2/c1-32(28,29)15-4-2-5-16(12-15)33(30,31)22-10-7-14(8-11-22)24-19-17(6-3-9-21-19)23(20(24)27)13-18(25)26/h2-6,9,12,14H,7-8,10-11,13H2,1H3,(H,25,26). The van der Waals surface area contributed by atoms with Crippen LogP contribution in [-0.2, 0) is 31.2 Å². The smallest absolute Gasteiger partial charge is 0.331 e. The van der Waals surface area contributed by atoms with Gasteiger partial charge < -0.3 is 5.11 Å². The first kappa shape index (κ1) is 23.1. The van der Waals surface area contributed by atoms with E-state index in [4.69, 9.17) is 0 Å². The quantitative estimate of drug-likeness (QED) is 0.527. The number of benzene rings is 1. The molecule has 11 nitrogen and oxygen atoms in total. The first-order chi connectivity index (χ1) is 15.5. The summed E-state index contributed by atoms with van der Waals surface area (Å²) in [6.07, 6.45) is 3.15. The zero-order chi connectivity index (χ0) is 24.0. The number of carboxylic acid groups (broad SMARTS) is 1. The zero-order valence-electron chi connectivity index (χ0n) is 17.7. The molecular weight excluding hydrogens is 472 g/mol. The summed E-state index contributed by atoms with van der Waals surface area (Å²) in [4.78, 5) is 28.3. The van der Waals surface area contributed by atoms with Gasteiger partial charge in [0, 0.05) is 31.6 Å². The molecule has 33 heavy (non-hydrogen) atoms. The number of fused-ring (bicyclic) bond motifs is 1. The number of aliphatic carboxylic acids is 1. The number of carboxylic acids is 1. The summed E-state index contributed by atoms with van der Waals surface area (Å²) in [5.41, 5.74) is 0.247. The maximum Gasteiger partial charge on any atom is 0.331 e. The topological polar surface area (TPSA) is 149 Å². The lowest BCUT2D eigenvalue weighted by atomic mass is 10.1. The van der Waals surface area contributed by atoms with Gasteiger partial charge in [0.15, 0.2) is 15.5 Å². The second-order valence-corrected chi connectivity index (χ2v) is 11.8. The fourth-order valence-corrected chi connectivity index (χ4v) is 6.34. The number of piperidine rings is 1. The fourth-order valence-electron chi connectivity index (χ4n) is 4.08. The molecule has 3 heterocycles. The molecule has 1 fully saturated rings. The molecule has 0 atom stereocenters. The van der Waals surface area contributed by atoms with Crippen LogP contribution in [0.1, 0.15) is 18.9 Å². The summed E-state index contributed by atoms with van der Waals surface area (Å²) in [6.45, 7) is -0.278. The average Bonchev–Trinajstić information content (AvgIpc) is 3.04. The number of pyridine rings is 1. The second-order valence-electron chi connectivity index (χ2n) is 7.86. The molecule has 13 heteroatoms. The molecule has 1 aliphatic heterocycles. The van der Waals surface area contributed by atoms with Crippen LogP contribution in [0, 0.1) is 0 Å². The normalized spacial score (nSPS) is 16.3. The van der Waals surface area contributed by atoms with Gasteiger partial charge in [0.1, 0.15) is 6.54 Å². The predicted molar refractivity (Wildman–Crippen MR) is 118 cm³/mol. The van der Waals surface area contributed by atoms with E-state index in [-0.39, 0.29) is 28.9 Å². The Morgan fingerprint density at radius 1 is 1.09 bits per heavy atom. The van der Waals surface area contributed by atoms with Crippen LogP contribution >= 0.6 is 0 Å². The summed E-state index contributed by atoms with van der Waals surface area (Å²) < 4.78 is 53.7. The predicted octanol–water partition coefficient (Wildman–Crippen LogP) is 0.712. The van der Waals surface area contributed by atoms with E-state index in [2.05, 4.69) is 4.98 Å². The molecule has 0 spiro atoms. The lowest BCUT2D eigenvalue weighted by Crippen LogP contribution is -2.41. The van der Waals surface area contributed by atoms with Crippen molar-refractivity contribution in [3.63, 3.8) is 0 Å². The lowest BCUT2D eigenvalue weighted by Gasteiger charge is -2.31. The molecule has 0 bridgehead atoms. The summed E-state index contributed by atoms with van der Waals surface area (Å²) in [7, 11) is -7.50. The van der Waals surface area contributed by atoms with Crippen molar-refractivity contribution in [1.29, 1.82) is 0 Å². The Kier molecular flexibility index (Phi) is 5.88. The van der Waals surface area contributed by atoms with E-state index in [1.165, 1.54) is 33.3 Å². The van der Waals surface area contributed by atoms with Crippen LogP contribution in [0.5, 0.6) is 0 Å². The molecule has 1 aliphatic rings. The van der Waals surface area contributed by atoms with Crippen molar-refractivity contribution in [3.05, 3.63) is 53.1 Å². The SMILES string of the molecule is CS(=O)(=O)c1cccc(S(=O)(=O)N2CCC(n3c(=O)n(CC(=O)O)c4cccnc43)CC2)c1. The van der Waals surface area contributed by atoms with Crippen LogP contribution in [-0.4, -0.2) is 65.7 Å². The average molecular weight is 495 g/mol. The van der Waals surface area contributed by atoms with Gasteiger partial charge in [0.25, 0.3) is 0 Å². The Balaban J connectivity index is 1.62. The van der Waals surface area contributed by atoms with Gasteiger partial charge in [-0.05, 0) is 43.2 Å². The Bertz CT molecular complexity index is 1500. The third-order valence-electron chi connectivity index (χ3n) is 5.68. The number of hydrogen-bond acceptors (Lipinski definition) is 7. The maximum atomic E-state index is 13.1. The first-order valence-electron chi connectivity index (χ1n) is 10.1. The number of sulfonamides is 1. The van der Waals surface area contributed by atoms with Crippen molar-refractivity contribution in [1.82, 2.24) is 18.4 Å². The molecule has 1 aromatic carbocycles. The van der Waals surface area contributed by atoms with Crippen molar-refractivity contribution in [3.8, 4) is 0 Å². The number of sulfone groups is 1. The van der Waals surface area contributed by atoms with Gasteiger partial charge in [0.05, 0.1) is 15.3 Å². The monoisotopic (exact) mass is 494 g/mol. The zero-order valence-corrected chi connectivity index (χ0v) is 19.3. The van der Waals surface area contributed by atoms with Crippen molar-refractivity contribution >= 4 is 37.0 Å². The Hall–Kier alpha value is -3.03. The van der Waals surface area contributed by atoms with E-state index < -0.39 is 38.1 Å². The number of imidazole rings is 1. The van der Waals surface area contributed by atoms with Crippen LogP contribution in [0.3, 0.4) is 0 Å². The van der Waals surface area contributed by atoms with Crippen molar-refractivity contribution in [2.24, 2.45) is 0 Å². The van der Waals surface area contributed by atoms with Gasteiger partial charge >= 0.3 is 11.7 Å². The molecule has 1 N–H and O–H groups in total. The number of rotatable bonds is 6. The number of aromatic nitrogens is 3. The molecular formula is C20H22N4O7S2. The lowest BCUT2D eigenvalue weighted by molar-refractivity contribution is -0.137. The van der Waals surface area contributed by atoms with Crippen LogP contribution in [0.4, 0.5) is 0 Å². The number of hydrogen-bond donors (Lipinski definition) is 1. The second kappa shape index (κ2) is 8.39. The summed E-state index contributed by atoms with van der Waals surface area (Å²) >= 11 is 0. The molecule has 3 aromatic rings. The molecule has 0 unspecified atom stereocenters. The van der Waals surface area contributed by atoms with Crippen LogP contribution < -0.4 is 5.69 Å². The van der Waals surface area contributed by atoms with E-state index in [1.807, 2.05) is 0 Å². The van der Waals surface area contributed by atoms with E-state index >= 15 is 0 Å². The minimum atomic E-state index is -3.93. The Labute approximate surface area is 189 Å². The highest BCUT2D eigenvalue weighted by atomic mass is 32.2. The number of carbonyl (C=O) groups is 1. The maximum absolute atomic E-state index is 13.1. The Morgan fingerprint density at radius 2 is 1.76 bits per heavy atom. The van der Waals surface area contributed by atoms with Crippen LogP contribution in [0.25, 0.3) is 11.2 Å². The first-order valence-corrected chi connectivity index (χ1v) is 13.4. The van der Waals surface area contributed by atoms with Gasteiger partial charge in [-0.25, -0.2) is 26.6 Å². The van der Waals surface area contributed by atoms with E-state index in [9.17, 15) is 31.5 Å². The van der Waals surface area contributed by atoms with E-state index in [1.54, 1.807) is 12.1 Å². The van der Waals surface area contributed by atoms with Gasteiger partial charge in [-0.2, -0.15) is 4.31 Å². The molecule has 4 rings (SSSR count). The van der Waals surface area contributed by atoms with E-state index in [0.717, 1.165) is 16.9 Å². The third kappa shape index (κ3) is 4.30. The third-order valence-corrected chi connectivity index (χ3v) is 8.68. The Morgan fingerprint density at radius 3 is 2.39 bits per heavy atom. The summed E-state index contributed by atoms with van der Waals surface area (Å²) in [6, 6.07) is 8.10. The minimum Gasteiger partial charge on any atom is -0.480 e. The number of nitrogens with zero attached hydrogens (tertiary/aromatic N) is 4. The van der Waals surface area contributed by atoms with Gasteiger partial charge in [-0.15, -0.1) is 0 Å². The molecule has 176 valence electrons. The summed E-state index contributed by atoms with van der Waals surface area (Å²) in [5, 5.41) is 9.17. The molecule has 0 amide bonds. The molecule has 0 saturated carbocycles. The summed E-state index contributed by atoms with van der Waals surface area (Å²) in [5.74, 6) is -1.16. The highest BCUT2D eigenvalue weighted by Gasteiger charge is 2.32.